The van der Waals surface area contributed by atoms with Crippen LogP contribution in [-0.2, 0) is 6.54 Å². The van der Waals surface area contributed by atoms with Crippen molar-refractivity contribution in [1.29, 1.82) is 0 Å². The maximum absolute atomic E-state index is 11.9. The molecule has 0 unspecified atom stereocenters. The Hall–Kier alpha value is -1.29. The Labute approximate surface area is 99.1 Å². The molecular weight excluding hydrogens is 220 g/mol. The van der Waals surface area contributed by atoms with Crippen molar-refractivity contribution in [3.05, 3.63) is 23.2 Å². The van der Waals surface area contributed by atoms with Crippen LogP contribution >= 0.6 is 11.3 Å². The maximum atomic E-state index is 11.9. The lowest BCUT2D eigenvalue weighted by Crippen LogP contribution is -2.26. The van der Waals surface area contributed by atoms with E-state index in [1.807, 2.05) is 6.07 Å². The molecule has 1 amide bonds. The number of carbonyl (C=O) groups is 1. The van der Waals surface area contributed by atoms with Gasteiger partial charge in [-0.1, -0.05) is 6.92 Å². The Morgan fingerprint density at radius 3 is 3.00 bits per heavy atom. The first-order chi connectivity index (χ1) is 7.77. The maximum Gasteiger partial charge on any atom is 0.267 e. The normalized spacial score (nSPS) is 10.9. The smallest absolute Gasteiger partial charge is 0.267 e. The Morgan fingerprint density at radius 1 is 1.50 bits per heavy atom. The average molecular weight is 236 g/mol. The zero-order valence-corrected chi connectivity index (χ0v) is 10.4. The number of aromatic nitrogens is 1. The van der Waals surface area contributed by atoms with Crippen molar-refractivity contribution in [2.75, 3.05) is 6.54 Å². The Kier molecular flexibility index (Phi) is 3.29. The minimum Gasteiger partial charge on any atom is -0.351 e. The van der Waals surface area contributed by atoms with Crippen LogP contribution in [0.25, 0.3) is 10.2 Å². The Bertz CT molecular complexity index is 498. The van der Waals surface area contributed by atoms with Gasteiger partial charge in [0.15, 0.2) is 0 Å². The van der Waals surface area contributed by atoms with Crippen LogP contribution in [0.5, 0.6) is 0 Å². The van der Waals surface area contributed by atoms with Gasteiger partial charge in [-0.2, -0.15) is 0 Å². The molecule has 0 aromatic carbocycles. The van der Waals surface area contributed by atoms with E-state index in [0.29, 0.717) is 0 Å². The largest absolute Gasteiger partial charge is 0.351 e. The molecule has 16 heavy (non-hydrogen) atoms. The minimum atomic E-state index is 0.0344. The van der Waals surface area contributed by atoms with Gasteiger partial charge in [0.25, 0.3) is 5.91 Å². The first-order valence-corrected chi connectivity index (χ1v) is 6.50. The third-order valence-corrected chi connectivity index (χ3v) is 3.46. The van der Waals surface area contributed by atoms with Gasteiger partial charge in [0.1, 0.15) is 5.69 Å². The molecule has 3 nitrogen and oxygen atoms in total. The third-order valence-electron chi connectivity index (χ3n) is 2.61. The van der Waals surface area contributed by atoms with E-state index >= 15 is 0 Å². The van der Waals surface area contributed by atoms with Crippen molar-refractivity contribution < 1.29 is 4.79 Å². The summed E-state index contributed by atoms with van der Waals surface area (Å²) in [6, 6.07) is 4.05. The SMILES string of the molecule is CCCNC(=O)c1cc2sccc2n1CC. The number of thiophene rings is 1. The molecule has 0 saturated heterocycles. The van der Waals surface area contributed by atoms with Gasteiger partial charge in [-0.15, -0.1) is 11.3 Å². The van der Waals surface area contributed by atoms with Crippen LogP contribution in [0.15, 0.2) is 17.5 Å². The highest BCUT2D eigenvalue weighted by Gasteiger charge is 2.14. The minimum absolute atomic E-state index is 0.0344. The van der Waals surface area contributed by atoms with Crippen LogP contribution in [0.2, 0.25) is 0 Å². The van der Waals surface area contributed by atoms with Gasteiger partial charge in [0.2, 0.25) is 0 Å². The number of nitrogens with one attached hydrogen (secondary N) is 1. The number of aryl methyl sites for hydroxylation is 1. The molecule has 0 radical (unpaired) electrons. The molecule has 2 aromatic rings. The molecule has 0 saturated carbocycles. The molecule has 0 aliphatic heterocycles. The molecule has 0 fully saturated rings. The summed E-state index contributed by atoms with van der Waals surface area (Å²) in [5.74, 6) is 0.0344. The van der Waals surface area contributed by atoms with E-state index in [1.54, 1.807) is 11.3 Å². The third kappa shape index (κ3) is 1.85. The van der Waals surface area contributed by atoms with Gasteiger partial charge in [-0.3, -0.25) is 4.79 Å². The van der Waals surface area contributed by atoms with Crippen molar-refractivity contribution >= 4 is 27.5 Å². The topological polar surface area (TPSA) is 34.0 Å². The van der Waals surface area contributed by atoms with E-state index in [-0.39, 0.29) is 5.91 Å². The predicted octanol–water partition coefficient (Wildman–Crippen LogP) is 2.86. The number of rotatable bonds is 4. The number of fused-ring (bicyclic) bond motifs is 1. The van der Waals surface area contributed by atoms with Crippen LogP contribution in [0.4, 0.5) is 0 Å². The molecule has 4 heteroatoms. The summed E-state index contributed by atoms with van der Waals surface area (Å²) in [5.41, 5.74) is 1.94. The predicted molar refractivity (Wildman–Crippen MR) is 68.1 cm³/mol. The average Bonchev–Trinajstić information content (AvgIpc) is 2.84. The van der Waals surface area contributed by atoms with Crippen LogP contribution < -0.4 is 5.32 Å². The lowest BCUT2D eigenvalue weighted by Gasteiger charge is -2.07. The van der Waals surface area contributed by atoms with Gasteiger partial charge >= 0.3 is 0 Å². The number of hydrogen-bond acceptors (Lipinski definition) is 2. The summed E-state index contributed by atoms with van der Waals surface area (Å²) in [7, 11) is 0. The first-order valence-electron chi connectivity index (χ1n) is 5.62. The van der Waals surface area contributed by atoms with Crippen molar-refractivity contribution in [1.82, 2.24) is 9.88 Å². The number of carbonyl (C=O) groups excluding carboxylic acids is 1. The fraction of sp³-hybridized carbons (Fsp3) is 0.417. The van der Waals surface area contributed by atoms with Gasteiger partial charge in [-0.25, -0.2) is 0 Å². The van der Waals surface area contributed by atoms with Crippen molar-refractivity contribution in [3.63, 3.8) is 0 Å². The number of amides is 1. The quantitative estimate of drug-likeness (QED) is 0.870. The lowest BCUT2D eigenvalue weighted by molar-refractivity contribution is 0.0945. The zero-order chi connectivity index (χ0) is 11.5. The zero-order valence-electron chi connectivity index (χ0n) is 9.62. The summed E-state index contributed by atoms with van der Waals surface area (Å²) in [6.45, 7) is 5.68. The Balaban J connectivity index is 2.35. The lowest BCUT2D eigenvalue weighted by atomic mass is 10.4. The van der Waals surface area contributed by atoms with Gasteiger partial charge < -0.3 is 9.88 Å². The van der Waals surface area contributed by atoms with Crippen LogP contribution in [0.1, 0.15) is 30.8 Å². The second-order valence-electron chi connectivity index (χ2n) is 3.70. The summed E-state index contributed by atoms with van der Waals surface area (Å²) in [6.07, 6.45) is 0.965. The monoisotopic (exact) mass is 236 g/mol. The molecule has 2 rings (SSSR count). The molecule has 0 bridgehead atoms. The van der Waals surface area contributed by atoms with E-state index in [2.05, 4.69) is 35.2 Å². The van der Waals surface area contributed by atoms with Gasteiger partial charge in [0.05, 0.1) is 10.2 Å². The fourth-order valence-electron chi connectivity index (χ4n) is 1.83. The van der Waals surface area contributed by atoms with Crippen LogP contribution in [-0.4, -0.2) is 17.0 Å². The molecule has 86 valence electrons. The van der Waals surface area contributed by atoms with E-state index < -0.39 is 0 Å². The molecular formula is C12H16N2OS. The van der Waals surface area contributed by atoms with Crippen molar-refractivity contribution in [2.45, 2.75) is 26.8 Å². The fourth-order valence-corrected chi connectivity index (χ4v) is 2.66. The Morgan fingerprint density at radius 2 is 2.31 bits per heavy atom. The highest BCUT2D eigenvalue weighted by molar-refractivity contribution is 7.17. The van der Waals surface area contributed by atoms with Gasteiger partial charge in [0, 0.05) is 13.1 Å². The first kappa shape index (κ1) is 11.2. The van der Waals surface area contributed by atoms with Crippen LogP contribution in [0, 0.1) is 0 Å². The van der Waals surface area contributed by atoms with E-state index in [0.717, 1.165) is 30.7 Å². The van der Waals surface area contributed by atoms with E-state index in [4.69, 9.17) is 0 Å². The van der Waals surface area contributed by atoms with Crippen molar-refractivity contribution in [2.24, 2.45) is 0 Å². The van der Waals surface area contributed by atoms with Gasteiger partial charge in [-0.05, 0) is 30.9 Å². The number of hydrogen-bond donors (Lipinski definition) is 1. The standard InChI is InChI=1S/C12H16N2OS/c1-3-6-13-12(15)10-8-11-9(5-7-16-11)14(10)4-2/h5,7-8H,3-4,6H2,1-2H3,(H,13,15). The second kappa shape index (κ2) is 4.70. The molecule has 0 aliphatic rings. The summed E-state index contributed by atoms with van der Waals surface area (Å²) in [4.78, 5) is 11.9. The van der Waals surface area contributed by atoms with E-state index in [9.17, 15) is 4.79 Å². The van der Waals surface area contributed by atoms with Crippen LogP contribution in [0.3, 0.4) is 0 Å². The van der Waals surface area contributed by atoms with Crippen molar-refractivity contribution in [3.8, 4) is 0 Å². The molecule has 2 aromatic heterocycles. The molecule has 0 spiro atoms. The molecule has 2 heterocycles. The summed E-state index contributed by atoms with van der Waals surface area (Å²) < 4.78 is 3.25. The summed E-state index contributed by atoms with van der Waals surface area (Å²) >= 11 is 1.68. The highest BCUT2D eigenvalue weighted by Crippen LogP contribution is 2.25. The molecule has 0 aliphatic carbocycles. The number of nitrogens with zero attached hydrogens (tertiary/aromatic N) is 1. The molecule has 0 atom stereocenters. The second-order valence-corrected chi connectivity index (χ2v) is 4.65. The highest BCUT2D eigenvalue weighted by atomic mass is 32.1. The summed E-state index contributed by atoms with van der Waals surface area (Å²) in [5, 5.41) is 4.98. The molecule has 1 N–H and O–H groups in total. The van der Waals surface area contributed by atoms with E-state index in [1.165, 1.54) is 4.70 Å².